The van der Waals surface area contributed by atoms with Crippen LogP contribution >= 0.6 is 22.9 Å². The number of hydrogen-bond donors (Lipinski definition) is 1. The van der Waals surface area contributed by atoms with E-state index in [1.54, 1.807) is 17.4 Å². The van der Waals surface area contributed by atoms with Crippen LogP contribution in [0.5, 0.6) is 0 Å². The number of carboxylic acid groups (broad SMARTS) is 1. The maximum atomic E-state index is 10.7. The van der Waals surface area contributed by atoms with Crippen molar-refractivity contribution < 1.29 is 9.90 Å². The van der Waals surface area contributed by atoms with Crippen LogP contribution in [0.25, 0.3) is 6.08 Å². The highest BCUT2D eigenvalue weighted by Gasteiger charge is 2.16. The van der Waals surface area contributed by atoms with Crippen LogP contribution in [-0.2, 0) is 4.79 Å². The molecule has 3 nitrogen and oxygen atoms in total. The molecule has 1 atom stereocenters. The molecule has 21 heavy (non-hydrogen) atoms. The molecule has 1 unspecified atom stereocenters. The van der Waals surface area contributed by atoms with Crippen LogP contribution in [0, 0.1) is 0 Å². The molecule has 0 spiro atoms. The van der Waals surface area contributed by atoms with Gasteiger partial charge < -0.3 is 10.0 Å². The van der Waals surface area contributed by atoms with Gasteiger partial charge in [0.15, 0.2) is 0 Å². The summed E-state index contributed by atoms with van der Waals surface area (Å²) in [7, 11) is 1.98. The van der Waals surface area contributed by atoms with Crippen molar-refractivity contribution in [3.05, 3.63) is 57.3 Å². The molecule has 1 N–H and O–H groups in total. The summed E-state index contributed by atoms with van der Waals surface area (Å²) in [5.74, 6) is -0.991. The smallest absolute Gasteiger partial charge is 0.328 e. The summed E-state index contributed by atoms with van der Waals surface area (Å²) < 4.78 is 0. The molecule has 1 aromatic carbocycles. The predicted octanol–water partition coefficient (Wildman–Crippen LogP) is 4.70. The summed E-state index contributed by atoms with van der Waals surface area (Å²) in [6.07, 6.45) is 2.64. The Bertz CT molecular complexity index is 652. The van der Waals surface area contributed by atoms with Gasteiger partial charge in [-0.2, -0.15) is 0 Å². The Hall–Kier alpha value is -1.78. The van der Waals surface area contributed by atoms with Gasteiger partial charge in [-0.1, -0.05) is 23.7 Å². The topological polar surface area (TPSA) is 40.5 Å². The minimum atomic E-state index is -0.991. The Morgan fingerprint density at radius 3 is 2.76 bits per heavy atom. The fourth-order valence-electron chi connectivity index (χ4n) is 2.08. The highest BCUT2D eigenvalue weighted by atomic mass is 35.5. The summed E-state index contributed by atoms with van der Waals surface area (Å²) in [4.78, 5) is 14.1. The number of anilines is 1. The molecule has 0 fully saturated rings. The van der Waals surface area contributed by atoms with E-state index in [0.717, 1.165) is 11.8 Å². The van der Waals surface area contributed by atoms with Gasteiger partial charge in [-0.25, -0.2) is 4.79 Å². The monoisotopic (exact) mass is 321 g/mol. The van der Waals surface area contributed by atoms with E-state index in [2.05, 4.69) is 17.9 Å². The van der Waals surface area contributed by atoms with Gasteiger partial charge in [-0.15, -0.1) is 11.3 Å². The van der Waals surface area contributed by atoms with Crippen molar-refractivity contribution in [1.82, 2.24) is 0 Å². The highest BCUT2D eigenvalue weighted by Crippen LogP contribution is 2.34. The molecule has 2 rings (SSSR count). The number of aliphatic carboxylic acids is 1. The van der Waals surface area contributed by atoms with Crippen LogP contribution in [0.15, 0.2) is 41.8 Å². The minimum absolute atomic E-state index is 0.181. The highest BCUT2D eigenvalue weighted by molar-refractivity contribution is 7.10. The van der Waals surface area contributed by atoms with Crippen molar-refractivity contribution in [2.75, 3.05) is 11.9 Å². The van der Waals surface area contributed by atoms with Gasteiger partial charge >= 0.3 is 5.97 Å². The number of benzene rings is 1. The third-order valence-electron chi connectivity index (χ3n) is 3.34. The maximum absolute atomic E-state index is 10.7. The van der Waals surface area contributed by atoms with E-state index in [-0.39, 0.29) is 6.04 Å². The van der Waals surface area contributed by atoms with Gasteiger partial charge in [-0.05, 0) is 36.6 Å². The Morgan fingerprint density at radius 1 is 1.38 bits per heavy atom. The van der Waals surface area contributed by atoms with Crippen LogP contribution in [-0.4, -0.2) is 18.1 Å². The number of halogens is 1. The van der Waals surface area contributed by atoms with Gasteiger partial charge in [0, 0.05) is 34.3 Å². The van der Waals surface area contributed by atoms with E-state index >= 15 is 0 Å². The zero-order chi connectivity index (χ0) is 15.4. The standard InChI is InChI=1S/C16H16ClNO2S/c1-11(15-7-4-10-21-15)18(2)14-6-3-5-13(17)12(14)8-9-16(19)20/h3-11H,1-2H3,(H,19,20). The minimum Gasteiger partial charge on any atom is -0.478 e. The molecule has 1 aromatic heterocycles. The van der Waals surface area contributed by atoms with Crippen molar-refractivity contribution in [1.29, 1.82) is 0 Å². The molecule has 0 aliphatic carbocycles. The number of thiophene rings is 1. The molecular weight excluding hydrogens is 306 g/mol. The normalized spacial score (nSPS) is 12.5. The Morgan fingerprint density at radius 2 is 2.14 bits per heavy atom. The number of carbonyl (C=O) groups is 1. The van der Waals surface area contributed by atoms with Crippen molar-refractivity contribution in [2.24, 2.45) is 0 Å². The Kier molecular flexibility index (Phi) is 5.04. The Labute approximate surface area is 133 Å². The second-order valence-electron chi connectivity index (χ2n) is 4.65. The lowest BCUT2D eigenvalue weighted by molar-refractivity contribution is -0.131. The van der Waals surface area contributed by atoms with Gasteiger partial charge in [-0.3, -0.25) is 0 Å². The average molecular weight is 322 g/mol. The molecule has 0 saturated heterocycles. The van der Waals surface area contributed by atoms with Crippen LogP contribution in [0.3, 0.4) is 0 Å². The lowest BCUT2D eigenvalue weighted by Crippen LogP contribution is -2.21. The summed E-state index contributed by atoms with van der Waals surface area (Å²) >= 11 is 7.91. The fourth-order valence-corrected chi connectivity index (χ4v) is 3.14. The molecular formula is C16H16ClNO2S. The quantitative estimate of drug-likeness (QED) is 0.812. The van der Waals surface area contributed by atoms with Crippen LogP contribution in [0.2, 0.25) is 5.02 Å². The van der Waals surface area contributed by atoms with Crippen molar-refractivity contribution in [3.8, 4) is 0 Å². The number of hydrogen-bond acceptors (Lipinski definition) is 3. The van der Waals surface area contributed by atoms with Crippen LogP contribution < -0.4 is 4.90 Å². The van der Waals surface area contributed by atoms with Crippen molar-refractivity contribution >= 4 is 40.7 Å². The second kappa shape index (κ2) is 6.78. The van der Waals surface area contributed by atoms with Gasteiger partial charge in [0.2, 0.25) is 0 Å². The van der Waals surface area contributed by atoms with E-state index < -0.39 is 5.97 Å². The third kappa shape index (κ3) is 3.65. The molecule has 0 aliphatic rings. The molecule has 0 saturated carbocycles. The summed E-state index contributed by atoms with van der Waals surface area (Å²) in [6.45, 7) is 2.11. The molecule has 2 aromatic rings. The van der Waals surface area contributed by atoms with E-state index in [4.69, 9.17) is 16.7 Å². The number of rotatable bonds is 5. The van der Waals surface area contributed by atoms with E-state index in [1.165, 1.54) is 11.0 Å². The average Bonchev–Trinajstić information content (AvgIpc) is 2.98. The summed E-state index contributed by atoms with van der Waals surface area (Å²) in [5, 5.41) is 11.4. The Balaban J connectivity index is 2.39. The molecule has 5 heteroatoms. The molecule has 0 aliphatic heterocycles. The van der Waals surface area contributed by atoms with E-state index in [0.29, 0.717) is 10.6 Å². The molecule has 1 heterocycles. The lowest BCUT2D eigenvalue weighted by Gasteiger charge is -2.28. The van der Waals surface area contributed by atoms with E-state index in [1.807, 2.05) is 30.6 Å². The molecule has 110 valence electrons. The fraction of sp³-hybridized carbons (Fsp3) is 0.188. The zero-order valence-electron chi connectivity index (χ0n) is 11.8. The first-order valence-corrected chi connectivity index (χ1v) is 7.72. The van der Waals surface area contributed by atoms with Gasteiger partial charge in [0.05, 0.1) is 6.04 Å². The van der Waals surface area contributed by atoms with Gasteiger partial charge in [0.25, 0.3) is 0 Å². The lowest BCUT2D eigenvalue weighted by atomic mass is 10.1. The summed E-state index contributed by atoms with van der Waals surface area (Å²) in [6, 6.07) is 9.86. The van der Waals surface area contributed by atoms with Crippen molar-refractivity contribution in [3.63, 3.8) is 0 Å². The maximum Gasteiger partial charge on any atom is 0.328 e. The van der Waals surface area contributed by atoms with Gasteiger partial charge in [0.1, 0.15) is 0 Å². The largest absolute Gasteiger partial charge is 0.478 e. The number of nitrogens with zero attached hydrogens (tertiary/aromatic N) is 1. The van der Waals surface area contributed by atoms with E-state index in [9.17, 15) is 4.79 Å². The van der Waals surface area contributed by atoms with Crippen LogP contribution in [0.1, 0.15) is 23.4 Å². The molecule has 0 radical (unpaired) electrons. The first-order chi connectivity index (χ1) is 10.0. The van der Waals surface area contributed by atoms with Crippen LogP contribution in [0.4, 0.5) is 5.69 Å². The predicted molar refractivity (Wildman–Crippen MR) is 89.3 cm³/mol. The molecule has 0 amide bonds. The number of carboxylic acids is 1. The zero-order valence-corrected chi connectivity index (χ0v) is 13.4. The van der Waals surface area contributed by atoms with Crippen molar-refractivity contribution in [2.45, 2.75) is 13.0 Å². The SMILES string of the molecule is CC(c1cccs1)N(C)c1cccc(Cl)c1C=CC(=O)O. The second-order valence-corrected chi connectivity index (χ2v) is 6.03. The summed E-state index contributed by atoms with van der Waals surface area (Å²) in [5.41, 5.74) is 1.62. The first-order valence-electron chi connectivity index (χ1n) is 6.46. The first kappa shape index (κ1) is 15.6. The third-order valence-corrected chi connectivity index (χ3v) is 4.71. The molecule has 0 bridgehead atoms.